The number of hydrogen-bond acceptors (Lipinski definition) is 3. The number of allylic oxidation sites excluding steroid dienone is 2. The SMILES string of the molecule is CCCCC/C=C/CCCCCCCCCCCCCCCCCCC(CC(=O)OCCC)C(=O)O. The minimum absolute atomic E-state index is 0.00641. The molecular formula is C32H60O4. The van der Waals surface area contributed by atoms with Crippen LogP contribution in [0.15, 0.2) is 12.2 Å². The van der Waals surface area contributed by atoms with E-state index < -0.39 is 11.9 Å². The van der Waals surface area contributed by atoms with Gasteiger partial charge in [0.1, 0.15) is 0 Å². The topological polar surface area (TPSA) is 63.6 Å². The zero-order chi connectivity index (χ0) is 26.5. The lowest BCUT2D eigenvalue weighted by atomic mass is 9.97. The maximum Gasteiger partial charge on any atom is 0.307 e. The number of rotatable bonds is 28. The van der Waals surface area contributed by atoms with Crippen molar-refractivity contribution < 1.29 is 19.4 Å². The van der Waals surface area contributed by atoms with Gasteiger partial charge >= 0.3 is 11.9 Å². The van der Waals surface area contributed by atoms with Crippen molar-refractivity contribution in [3.63, 3.8) is 0 Å². The zero-order valence-corrected chi connectivity index (χ0v) is 24.1. The summed E-state index contributed by atoms with van der Waals surface area (Å²) in [6, 6.07) is 0. The molecule has 0 saturated carbocycles. The number of unbranched alkanes of at least 4 members (excludes halogenated alkanes) is 19. The molecule has 0 fully saturated rings. The lowest BCUT2D eigenvalue weighted by molar-refractivity contribution is -0.151. The van der Waals surface area contributed by atoms with Gasteiger partial charge in [-0.1, -0.05) is 135 Å². The fraction of sp³-hybridized carbons (Fsp3) is 0.875. The van der Waals surface area contributed by atoms with E-state index in [-0.39, 0.29) is 12.4 Å². The van der Waals surface area contributed by atoms with Gasteiger partial charge in [0.05, 0.1) is 18.9 Å². The predicted molar refractivity (Wildman–Crippen MR) is 153 cm³/mol. The summed E-state index contributed by atoms with van der Waals surface area (Å²) in [5.74, 6) is -1.85. The Morgan fingerprint density at radius 3 is 1.44 bits per heavy atom. The molecule has 1 atom stereocenters. The fourth-order valence-electron chi connectivity index (χ4n) is 4.66. The summed E-state index contributed by atoms with van der Waals surface area (Å²) < 4.78 is 5.02. The van der Waals surface area contributed by atoms with Crippen molar-refractivity contribution in [3.05, 3.63) is 12.2 Å². The number of esters is 1. The van der Waals surface area contributed by atoms with Gasteiger partial charge in [-0.05, 0) is 38.5 Å². The third kappa shape index (κ3) is 25.8. The van der Waals surface area contributed by atoms with Crippen molar-refractivity contribution >= 4 is 11.9 Å². The minimum atomic E-state index is -0.875. The summed E-state index contributed by atoms with van der Waals surface area (Å²) in [6.45, 7) is 4.57. The highest BCUT2D eigenvalue weighted by molar-refractivity contribution is 5.78. The van der Waals surface area contributed by atoms with Crippen LogP contribution in [-0.4, -0.2) is 23.7 Å². The van der Waals surface area contributed by atoms with Gasteiger partial charge in [0, 0.05) is 0 Å². The monoisotopic (exact) mass is 508 g/mol. The second-order valence-corrected chi connectivity index (χ2v) is 10.7. The fourth-order valence-corrected chi connectivity index (χ4v) is 4.66. The molecule has 0 saturated heterocycles. The number of carbonyl (C=O) groups is 2. The minimum Gasteiger partial charge on any atom is -0.481 e. The lowest BCUT2D eigenvalue weighted by Crippen LogP contribution is -2.19. The van der Waals surface area contributed by atoms with E-state index in [2.05, 4.69) is 19.1 Å². The number of ether oxygens (including phenoxy) is 1. The summed E-state index contributed by atoms with van der Waals surface area (Å²) in [6.07, 6.45) is 33.6. The van der Waals surface area contributed by atoms with Gasteiger partial charge in [0.25, 0.3) is 0 Å². The Hall–Kier alpha value is -1.32. The van der Waals surface area contributed by atoms with Crippen LogP contribution in [0.1, 0.15) is 168 Å². The highest BCUT2D eigenvalue weighted by Gasteiger charge is 2.21. The molecule has 1 unspecified atom stereocenters. The summed E-state index contributed by atoms with van der Waals surface area (Å²) in [5, 5.41) is 9.32. The number of carboxylic acid groups (broad SMARTS) is 1. The average Bonchev–Trinajstić information content (AvgIpc) is 2.87. The van der Waals surface area contributed by atoms with Crippen molar-refractivity contribution in [2.45, 2.75) is 168 Å². The first-order valence-corrected chi connectivity index (χ1v) is 15.6. The van der Waals surface area contributed by atoms with E-state index in [9.17, 15) is 14.7 Å². The van der Waals surface area contributed by atoms with Crippen molar-refractivity contribution in [1.29, 1.82) is 0 Å². The molecule has 1 N–H and O–H groups in total. The molecule has 0 aliphatic carbocycles. The van der Waals surface area contributed by atoms with E-state index in [1.54, 1.807) is 0 Å². The molecule has 0 aromatic carbocycles. The molecule has 212 valence electrons. The Balaban J connectivity index is 3.33. The van der Waals surface area contributed by atoms with Gasteiger partial charge in [0.15, 0.2) is 0 Å². The van der Waals surface area contributed by atoms with Crippen molar-refractivity contribution in [1.82, 2.24) is 0 Å². The maximum atomic E-state index is 11.7. The van der Waals surface area contributed by atoms with Crippen molar-refractivity contribution in [2.75, 3.05) is 6.61 Å². The van der Waals surface area contributed by atoms with Crippen LogP contribution in [0.25, 0.3) is 0 Å². The summed E-state index contributed by atoms with van der Waals surface area (Å²) >= 11 is 0. The number of carboxylic acids is 1. The molecule has 4 nitrogen and oxygen atoms in total. The van der Waals surface area contributed by atoms with Crippen LogP contribution >= 0.6 is 0 Å². The first-order chi connectivity index (χ1) is 17.6. The Labute approximate surface area is 224 Å². The van der Waals surface area contributed by atoms with E-state index in [0.717, 1.165) is 19.3 Å². The standard InChI is InChI=1S/C32H60O4/c1-3-5-6-7-8-9-10-11-12-13-14-15-16-17-18-19-20-21-22-23-24-25-26-27-30(32(34)35)29-31(33)36-28-4-2/h8-9,30H,3-7,10-29H2,1-2H3,(H,34,35)/b9-8+. The Morgan fingerprint density at radius 2 is 1.03 bits per heavy atom. The van der Waals surface area contributed by atoms with E-state index in [0.29, 0.717) is 13.0 Å². The highest BCUT2D eigenvalue weighted by Crippen LogP contribution is 2.18. The van der Waals surface area contributed by atoms with Gasteiger partial charge in [-0.3, -0.25) is 9.59 Å². The Kier molecular flexibility index (Phi) is 27.2. The first-order valence-electron chi connectivity index (χ1n) is 15.6. The van der Waals surface area contributed by atoms with E-state index >= 15 is 0 Å². The summed E-state index contributed by atoms with van der Waals surface area (Å²) in [4.78, 5) is 23.0. The second-order valence-electron chi connectivity index (χ2n) is 10.7. The molecule has 0 radical (unpaired) electrons. The highest BCUT2D eigenvalue weighted by atomic mass is 16.5. The first kappa shape index (κ1) is 34.7. The average molecular weight is 509 g/mol. The van der Waals surface area contributed by atoms with E-state index in [4.69, 9.17) is 4.74 Å². The molecule has 0 amide bonds. The smallest absolute Gasteiger partial charge is 0.307 e. The summed E-state index contributed by atoms with van der Waals surface area (Å²) in [7, 11) is 0. The molecule has 0 aliphatic rings. The third-order valence-electron chi connectivity index (χ3n) is 7.04. The van der Waals surface area contributed by atoms with Crippen LogP contribution in [0, 0.1) is 5.92 Å². The van der Waals surface area contributed by atoms with Crippen LogP contribution in [-0.2, 0) is 14.3 Å². The molecule has 0 aliphatic heterocycles. The number of carbonyl (C=O) groups excluding carboxylic acids is 1. The van der Waals surface area contributed by atoms with Crippen LogP contribution in [0.4, 0.5) is 0 Å². The molecule has 0 aromatic heterocycles. The maximum absolute atomic E-state index is 11.7. The lowest BCUT2D eigenvalue weighted by Gasteiger charge is -2.11. The summed E-state index contributed by atoms with van der Waals surface area (Å²) in [5.41, 5.74) is 0. The molecule has 0 rings (SSSR count). The Bertz CT molecular complexity index is 514. The third-order valence-corrected chi connectivity index (χ3v) is 7.04. The Morgan fingerprint density at radius 1 is 0.611 bits per heavy atom. The molecule has 0 aromatic rings. The predicted octanol–water partition coefficient (Wildman–Crippen LogP) is 10.2. The molecule has 0 bridgehead atoms. The van der Waals surface area contributed by atoms with E-state index in [1.807, 2.05) is 6.92 Å². The molecule has 4 heteroatoms. The zero-order valence-electron chi connectivity index (χ0n) is 24.1. The van der Waals surface area contributed by atoms with Crippen molar-refractivity contribution in [3.8, 4) is 0 Å². The quantitative estimate of drug-likeness (QED) is 0.0648. The van der Waals surface area contributed by atoms with Crippen LogP contribution < -0.4 is 0 Å². The van der Waals surface area contributed by atoms with Crippen LogP contribution in [0.2, 0.25) is 0 Å². The largest absolute Gasteiger partial charge is 0.481 e. The van der Waals surface area contributed by atoms with Gasteiger partial charge in [0.2, 0.25) is 0 Å². The van der Waals surface area contributed by atoms with Crippen LogP contribution in [0.3, 0.4) is 0 Å². The molecule has 0 spiro atoms. The normalized spacial score (nSPS) is 12.3. The van der Waals surface area contributed by atoms with Gasteiger partial charge < -0.3 is 9.84 Å². The molecule has 0 heterocycles. The van der Waals surface area contributed by atoms with Crippen LogP contribution in [0.5, 0.6) is 0 Å². The number of hydrogen-bond donors (Lipinski definition) is 1. The molecular weight excluding hydrogens is 448 g/mol. The number of aliphatic carboxylic acids is 1. The molecule has 36 heavy (non-hydrogen) atoms. The van der Waals surface area contributed by atoms with Crippen molar-refractivity contribution in [2.24, 2.45) is 5.92 Å². The van der Waals surface area contributed by atoms with Gasteiger partial charge in [-0.25, -0.2) is 0 Å². The van der Waals surface area contributed by atoms with E-state index in [1.165, 1.54) is 122 Å². The van der Waals surface area contributed by atoms with Gasteiger partial charge in [-0.2, -0.15) is 0 Å². The van der Waals surface area contributed by atoms with Gasteiger partial charge in [-0.15, -0.1) is 0 Å². The second kappa shape index (κ2) is 28.3.